The predicted octanol–water partition coefficient (Wildman–Crippen LogP) is 6.31. The van der Waals surface area contributed by atoms with Gasteiger partial charge in [0.15, 0.2) is 5.60 Å². The molecule has 1 atom stereocenters. The van der Waals surface area contributed by atoms with Crippen LogP contribution in [-0.4, -0.2) is 24.6 Å². The summed E-state index contributed by atoms with van der Waals surface area (Å²) in [5, 5.41) is 13.8. The van der Waals surface area contributed by atoms with E-state index in [1.807, 2.05) is 54.1 Å². The Morgan fingerprint density at radius 3 is 2.43 bits per heavy atom. The molecule has 1 unspecified atom stereocenters. The van der Waals surface area contributed by atoms with E-state index >= 15 is 0 Å². The average molecular weight is 483 g/mol. The van der Waals surface area contributed by atoms with E-state index in [1.54, 1.807) is 24.9 Å². The molecule has 0 aliphatic carbocycles. The second-order valence-electron chi connectivity index (χ2n) is 8.79. The van der Waals surface area contributed by atoms with Crippen LogP contribution in [0.25, 0.3) is 22.0 Å². The number of fused-ring (bicyclic) bond motifs is 1. The summed E-state index contributed by atoms with van der Waals surface area (Å²) in [6.07, 6.45) is 9.74. The van der Waals surface area contributed by atoms with Gasteiger partial charge in [-0.1, -0.05) is 61.3 Å². The molecule has 5 aromatic rings. The average Bonchev–Trinajstić information content (AvgIpc) is 3.33. The van der Waals surface area contributed by atoms with Gasteiger partial charge in [0.1, 0.15) is 5.15 Å². The Balaban J connectivity index is 1.80. The second-order valence-corrected chi connectivity index (χ2v) is 9.15. The van der Waals surface area contributed by atoms with Crippen molar-refractivity contribution in [2.45, 2.75) is 31.8 Å². The fraction of sp³-hybridized carbons (Fsp3) is 0.207. The van der Waals surface area contributed by atoms with Crippen molar-refractivity contribution in [3.05, 3.63) is 113 Å². The molecule has 0 fully saturated rings. The number of halogens is 1. The molecule has 5 rings (SSSR count). The van der Waals surface area contributed by atoms with Crippen LogP contribution in [-0.2, 0) is 19.1 Å². The summed E-state index contributed by atoms with van der Waals surface area (Å²) in [7, 11) is 1.89. The van der Waals surface area contributed by atoms with Gasteiger partial charge in [0.05, 0.1) is 23.7 Å². The number of aliphatic hydroxyl groups is 1. The van der Waals surface area contributed by atoms with Crippen molar-refractivity contribution in [3.8, 4) is 11.1 Å². The smallest absolute Gasteiger partial charge is 0.157 e. The maximum Gasteiger partial charge on any atom is 0.157 e. The molecule has 0 saturated heterocycles. The Kier molecular flexibility index (Phi) is 6.37. The summed E-state index contributed by atoms with van der Waals surface area (Å²) in [4.78, 5) is 13.2. The van der Waals surface area contributed by atoms with E-state index in [4.69, 9.17) is 16.6 Å². The Hall–Kier alpha value is -3.54. The maximum absolute atomic E-state index is 12.3. The van der Waals surface area contributed by atoms with Crippen molar-refractivity contribution in [2.75, 3.05) is 0 Å². The number of rotatable bonds is 7. The molecule has 5 nitrogen and oxygen atoms in total. The molecule has 0 aliphatic heterocycles. The number of nitrogens with zero attached hydrogens (tertiary/aromatic N) is 4. The molecule has 3 aromatic heterocycles. The lowest BCUT2D eigenvalue weighted by atomic mass is 9.82. The summed E-state index contributed by atoms with van der Waals surface area (Å²) in [5.41, 5.74) is 4.66. The second kappa shape index (κ2) is 9.61. The first-order chi connectivity index (χ1) is 17.0. The van der Waals surface area contributed by atoms with E-state index in [-0.39, 0.29) is 0 Å². The maximum atomic E-state index is 12.3. The molecule has 35 heavy (non-hydrogen) atoms. The lowest BCUT2D eigenvalue weighted by Gasteiger charge is -2.30. The van der Waals surface area contributed by atoms with Gasteiger partial charge in [-0.2, -0.15) is 0 Å². The third-order valence-electron chi connectivity index (χ3n) is 6.59. The number of aryl methyl sites for hydroxylation is 2. The summed E-state index contributed by atoms with van der Waals surface area (Å²) in [6, 6.07) is 19.8. The molecule has 3 heterocycles. The van der Waals surface area contributed by atoms with Gasteiger partial charge in [0.2, 0.25) is 0 Å². The van der Waals surface area contributed by atoms with Crippen molar-refractivity contribution >= 4 is 22.5 Å². The standard InChI is InChI=1S/C29H27ClN4O/c1-3-4-10-23-24-17-22(11-12-25(24)33-28(30)27(23)20-8-6-5-7-9-20)29(35,21-13-15-31-16-14-21)26-18-32-19-34(26)2/h5-9,11-19,35H,3-4,10H2,1-2H3. The zero-order valence-corrected chi connectivity index (χ0v) is 20.6. The number of benzene rings is 2. The van der Waals surface area contributed by atoms with E-state index in [0.717, 1.165) is 58.0 Å². The molecular formula is C29H27ClN4O. The van der Waals surface area contributed by atoms with Gasteiger partial charge in [-0.3, -0.25) is 4.98 Å². The van der Waals surface area contributed by atoms with Gasteiger partial charge < -0.3 is 9.67 Å². The number of unbranched alkanes of at least 4 members (excludes halogenated alkanes) is 1. The first kappa shape index (κ1) is 23.2. The van der Waals surface area contributed by atoms with Crippen LogP contribution in [0.5, 0.6) is 0 Å². The highest BCUT2D eigenvalue weighted by Gasteiger charge is 2.37. The summed E-state index contributed by atoms with van der Waals surface area (Å²) >= 11 is 6.77. The molecule has 0 amide bonds. The van der Waals surface area contributed by atoms with E-state index in [2.05, 4.69) is 35.1 Å². The first-order valence-electron chi connectivity index (χ1n) is 11.8. The van der Waals surface area contributed by atoms with Crippen LogP contribution >= 0.6 is 11.6 Å². The van der Waals surface area contributed by atoms with Gasteiger partial charge in [-0.15, -0.1) is 0 Å². The highest BCUT2D eigenvalue weighted by Crippen LogP contribution is 2.40. The Morgan fingerprint density at radius 2 is 1.74 bits per heavy atom. The molecule has 0 radical (unpaired) electrons. The summed E-state index contributed by atoms with van der Waals surface area (Å²) in [6.45, 7) is 2.18. The first-order valence-corrected chi connectivity index (χ1v) is 12.2. The Labute approximate surface area is 210 Å². The molecule has 1 N–H and O–H groups in total. The fourth-order valence-corrected chi connectivity index (χ4v) is 5.11. The minimum absolute atomic E-state index is 0.499. The quantitative estimate of drug-likeness (QED) is 0.276. The monoisotopic (exact) mass is 482 g/mol. The van der Waals surface area contributed by atoms with E-state index in [0.29, 0.717) is 10.8 Å². The number of aromatic nitrogens is 4. The van der Waals surface area contributed by atoms with Crippen molar-refractivity contribution in [2.24, 2.45) is 7.05 Å². The highest BCUT2D eigenvalue weighted by atomic mass is 35.5. The van der Waals surface area contributed by atoms with Crippen LogP contribution in [0, 0.1) is 0 Å². The van der Waals surface area contributed by atoms with Crippen LogP contribution in [0.15, 0.2) is 85.6 Å². The van der Waals surface area contributed by atoms with Gasteiger partial charge in [-0.25, -0.2) is 9.97 Å². The molecule has 0 saturated carbocycles. The van der Waals surface area contributed by atoms with Gasteiger partial charge in [0.25, 0.3) is 0 Å². The van der Waals surface area contributed by atoms with Gasteiger partial charge >= 0.3 is 0 Å². The Bertz CT molecular complexity index is 1470. The van der Waals surface area contributed by atoms with Crippen molar-refractivity contribution in [3.63, 3.8) is 0 Å². The lowest BCUT2D eigenvalue weighted by Crippen LogP contribution is -2.31. The highest BCUT2D eigenvalue weighted by molar-refractivity contribution is 6.33. The summed E-state index contributed by atoms with van der Waals surface area (Å²) in [5.74, 6) is 0. The normalized spacial score (nSPS) is 13.1. The molecule has 0 aliphatic rings. The minimum atomic E-state index is -1.42. The zero-order chi connectivity index (χ0) is 24.4. The largest absolute Gasteiger partial charge is 0.374 e. The zero-order valence-electron chi connectivity index (χ0n) is 19.8. The van der Waals surface area contributed by atoms with Crippen molar-refractivity contribution < 1.29 is 5.11 Å². The molecular weight excluding hydrogens is 456 g/mol. The number of hydrogen-bond acceptors (Lipinski definition) is 4. The fourth-order valence-electron chi connectivity index (χ4n) is 4.79. The molecule has 0 spiro atoms. The molecule has 6 heteroatoms. The number of pyridine rings is 2. The third-order valence-corrected chi connectivity index (χ3v) is 6.87. The third kappa shape index (κ3) is 4.11. The van der Waals surface area contributed by atoms with Crippen LogP contribution in [0.4, 0.5) is 0 Å². The van der Waals surface area contributed by atoms with E-state index < -0.39 is 5.60 Å². The molecule has 2 aromatic carbocycles. The van der Waals surface area contributed by atoms with Crippen LogP contribution in [0.2, 0.25) is 5.15 Å². The summed E-state index contributed by atoms with van der Waals surface area (Å²) < 4.78 is 1.85. The van der Waals surface area contributed by atoms with Crippen LogP contribution < -0.4 is 0 Å². The lowest BCUT2D eigenvalue weighted by molar-refractivity contribution is 0.117. The number of hydrogen-bond donors (Lipinski definition) is 1. The SMILES string of the molecule is CCCCc1c(-c2ccccc2)c(Cl)nc2ccc(C(O)(c3ccncc3)c3cncn3C)cc12. The van der Waals surface area contributed by atoms with Gasteiger partial charge in [0, 0.05) is 30.4 Å². The van der Waals surface area contributed by atoms with E-state index in [9.17, 15) is 5.11 Å². The Morgan fingerprint density at radius 1 is 0.971 bits per heavy atom. The topological polar surface area (TPSA) is 63.8 Å². The van der Waals surface area contributed by atoms with Crippen LogP contribution in [0.3, 0.4) is 0 Å². The van der Waals surface area contributed by atoms with Crippen molar-refractivity contribution in [1.29, 1.82) is 0 Å². The van der Waals surface area contributed by atoms with Crippen molar-refractivity contribution in [1.82, 2.24) is 19.5 Å². The minimum Gasteiger partial charge on any atom is -0.374 e. The predicted molar refractivity (Wildman–Crippen MR) is 140 cm³/mol. The molecule has 0 bridgehead atoms. The van der Waals surface area contributed by atoms with E-state index in [1.165, 1.54) is 0 Å². The van der Waals surface area contributed by atoms with Gasteiger partial charge in [-0.05, 0) is 59.4 Å². The molecule has 176 valence electrons. The van der Waals surface area contributed by atoms with Crippen LogP contribution in [0.1, 0.15) is 42.1 Å². The number of imidazole rings is 1.